The lowest BCUT2D eigenvalue weighted by atomic mass is 9.93. The average Bonchev–Trinajstić information content (AvgIpc) is 2.45. The van der Waals surface area contributed by atoms with E-state index in [0.29, 0.717) is 17.3 Å². The van der Waals surface area contributed by atoms with Gasteiger partial charge in [-0.1, -0.05) is 41.9 Å². The largest absolute Gasteiger partial charge is 0.416 e. The molecule has 0 saturated heterocycles. The highest BCUT2D eigenvalue weighted by Crippen LogP contribution is 2.31. The predicted molar refractivity (Wildman–Crippen MR) is 80.1 cm³/mol. The predicted octanol–water partition coefficient (Wildman–Crippen LogP) is 5.92. The van der Waals surface area contributed by atoms with Crippen LogP contribution in [0.25, 0.3) is 0 Å². The summed E-state index contributed by atoms with van der Waals surface area (Å²) in [5.41, 5.74) is 1.06. The summed E-state index contributed by atoms with van der Waals surface area (Å²) in [5.74, 6) is 0.321. The van der Waals surface area contributed by atoms with Gasteiger partial charge in [-0.15, -0.1) is 11.6 Å². The van der Waals surface area contributed by atoms with Crippen molar-refractivity contribution in [3.05, 3.63) is 70.2 Å². The minimum atomic E-state index is -4.31. The molecule has 1 unspecified atom stereocenters. The Morgan fingerprint density at radius 2 is 1.57 bits per heavy atom. The minimum Gasteiger partial charge on any atom is -0.166 e. The highest BCUT2D eigenvalue weighted by Gasteiger charge is 2.30. The van der Waals surface area contributed by atoms with Crippen molar-refractivity contribution in [2.24, 2.45) is 0 Å². The standard InChI is InChI=1S/C16H13Cl2F3/c17-10-12(14-3-1-2-4-15(14)18)9-11-5-7-13(8-6-11)16(19,20)21/h1-8,12H,9-10H2. The molecule has 112 valence electrons. The number of hydrogen-bond donors (Lipinski definition) is 0. The van der Waals surface area contributed by atoms with Crippen LogP contribution < -0.4 is 0 Å². The van der Waals surface area contributed by atoms with Crippen molar-refractivity contribution in [1.82, 2.24) is 0 Å². The molecule has 0 aliphatic heterocycles. The number of halogens is 5. The van der Waals surface area contributed by atoms with Crippen LogP contribution in [0.2, 0.25) is 5.02 Å². The summed E-state index contributed by atoms with van der Waals surface area (Å²) in [7, 11) is 0. The van der Waals surface area contributed by atoms with Crippen LogP contribution in [-0.4, -0.2) is 5.88 Å². The Morgan fingerprint density at radius 3 is 2.10 bits per heavy atom. The maximum absolute atomic E-state index is 12.5. The third-order valence-corrected chi connectivity index (χ3v) is 4.01. The molecular weight excluding hydrogens is 320 g/mol. The molecule has 1 atom stereocenters. The molecule has 0 aromatic heterocycles. The number of benzene rings is 2. The van der Waals surface area contributed by atoms with E-state index in [-0.39, 0.29) is 5.92 Å². The van der Waals surface area contributed by atoms with Gasteiger partial charge in [0.1, 0.15) is 0 Å². The Morgan fingerprint density at radius 1 is 0.952 bits per heavy atom. The second kappa shape index (κ2) is 6.71. The molecule has 0 amide bonds. The number of alkyl halides is 4. The Kier molecular flexibility index (Phi) is 5.17. The van der Waals surface area contributed by atoms with Crippen LogP contribution in [0.1, 0.15) is 22.6 Å². The van der Waals surface area contributed by atoms with E-state index in [2.05, 4.69) is 0 Å². The molecule has 0 saturated carbocycles. The SMILES string of the molecule is FC(F)(F)c1ccc(CC(CCl)c2ccccc2Cl)cc1. The first-order valence-electron chi connectivity index (χ1n) is 6.38. The van der Waals surface area contributed by atoms with Crippen molar-refractivity contribution in [3.8, 4) is 0 Å². The van der Waals surface area contributed by atoms with E-state index in [9.17, 15) is 13.2 Å². The van der Waals surface area contributed by atoms with Gasteiger partial charge in [0.25, 0.3) is 0 Å². The lowest BCUT2D eigenvalue weighted by Gasteiger charge is -2.16. The maximum Gasteiger partial charge on any atom is 0.416 e. The van der Waals surface area contributed by atoms with Crippen molar-refractivity contribution in [2.75, 3.05) is 5.88 Å². The first kappa shape index (κ1) is 16.2. The molecule has 0 radical (unpaired) electrons. The summed E-state index contributed by atoms with van der Waals surface area (Å²) in [4.78, 5) is 0. The van der Waals surface area contributed by atoms with Gasteiger partial charge < -0.3 is 0 Å². The van der Waals surface area contributed by atoms with Crippen molar-refractivity contribution < 1.29 is 13.2 Å². The fraction of sp³-hybridized carbons (Fsp3) is 0.250. The molecular formula is C16H13Cl2F3. The van der Waals surface area contributed by atoms with E-state index >= 15 is 0 Å². The van der Waals surface area contributed by atoms with E-state index in [4.69, 9.17) is 23.2 Å². The third kappa shape index (κ3) is 4.14. The average molecular weight is 333 g/mol. The van der Waals surface area contributed by atoms with Crippen LogP contribution in [0.3, 0.4) is 0 Å². The van der Waals surface area contributed by atoms with Gasteiger partial charge in [-0.2, -0.15) is 13.2 Å². The van der Waals surface area contributed by atoms with Gasteiger partial charge in [-0.3, -0.25) is 0 Å². The molecule has 0 heterocycles. The van der Waals surface area contributed by atoms with E-state index in [1.165, 1.54) is 12.1 Å². The Balaban J connectivity index is 2.18. The monoisotopic (exact) mass is 332 g/mol. The van der Waals surface area contributed by atoms with E-state index in [0.717, 1.165) is 23.3 Å². The molecule has 0 aliphatic rings. The first-order chi connectivity index (χ1) is 9.91. The van der Waals surface area contributed by atoms with Gasteiger partial charge in [-0.05, 0) is 35.7 Å². The summed E-state index contributed by atoms with van der Waals surface area (Å²) >= 11 is 12.1. The molecule has 21 heavy (non-hydrogen) atoms. The van der Waals surface area contributed by atoms with Crippen LogP contribution in [0.15, 0.2) is 48.5 Å². The maximum atomic E-state index is 12.5. The zero-order valence-corrected chi connectivity index (χ0v) is 12.5. The summed E-state index contributed by atoms with van der Waals surface area (Å²) in [5, 5.41) is 0.620. The van der Waals surface area contributed by atoms with E-state index < -0.39 is 11.7 Å². The minimum absolute atomic E-state index is 0.0305. The summed E-state index contributed by atoms with van der Waals surface area (Å²) in [6, 6.07) is 12.5. The molecule has 0 bridgehead atoms. The summed E-state index contributed by atoms with van der Waals surface area (Å²) in [6.45, 7) is 0. The molecule has 0 spiro atoms. The normalized spacial score (nSPS) is 13.2. The Hall–Kier alpha value is -1.19. The molecule has 5 heteroatoms. The van der Waals surface area contributed by atoms with Gasteiger partial charge in [0.05, 0.1) is 5.56 Å². The van der Waals surface area contributed by atoms with Crippen LogP contribution in [-0.2, 0) is 12.6 Å². The quantitative estimate of drug-likeness (QED) is 0.609. The fourth-order valence-electron chi connectivity index (χ4n) is 2.17. The molecule has 0 N–H and O–H groups in total. The summed E-state index contributed by atoms with van der Waals surface area (Å²) < 4.78 is 37.6. The second-order valence-corrected chi connectivity index (χ2v) is 5.49. The number of rotatable bonds is 4. The van der Waals surface area contributed by atoms with Gasteiger partial charge in [0, 0.05) is 16.8 Å². The van der Waals surface area contributed by atoms with Crippen molar-refractivity contribution in [1.29, 1.82) is 0 Å². The fourth-order valence-corrected chi connectivity index (χ4v) is 2.73. The van der Waals surface area contributed by atoms with Crippen LogP contribution in [0.4, 0.5) is 13.2 Å². The molecule has 0 nitrogen and oxygen atoms in total. The summed E-state index contributed by atoms with van der Waals surface area (Å²) in [6.07, 6.45) is -3.77. The van der Waals surface area contributed by atoms with Crippen LogP contribution in [0.5, 0.6) is 0 Å². The van der Waals surface area contributed by atoms with Crippen molar-refractivity contribution >= 4 is 23.2 Å². The number of hydrogen-bond acceptors (Lipinski definition) is 0. The zero-order chi connectivity index (χ0) is 15.5. The smallest absolute Gasteiger partial charge is 0.166 e. The molecule has 2 aromatic carbocycles. The first-order valence-corrected chi connectivity index (χ1v) is 7.29. The Labute approximate surface area is 131 Å². The van der Waals surface area contributed by atoms with Crippen molar-refractivity contribution in [2.45, 2.75) is 18.5 Å². The molecule has 0 fully saturated rings. The van der Waals surface area contributed by atoms with Gasteiger partial charge in [0.2, 0.25) is 0 Å². The third-order valence-electron chi connectivity index (χ3n) is 3.29. The van der Waals surface area contributed by atoms with Crippen LogP contribution >= 0.6 is 23.2 Å². The highest BCUT2D eigenvalue weighted by molar-refractivity contribution is 6.31. The molecule has 0 aliphatic carbocycles. The van der Waals surface area contributed by atoms with Gasteiger partial charge in [0.15, 0.2) is 0 Å². The van der Waals surface area contributed by atoms with Crippen molar-refractivity contribution in [3.63, 3.8) is 0 Å². The molecule has 2 rings (SSSR count). The molecule has 2 aromatic rings. The second-order valence-electron chi connectivity index (χ2n) is 4.77. The Bertz CT molecular complexity index is 591. The topological polar surface area (TPSA) is 0 Å². The van der Waals surface area contributed by atoms with Gasteiger partial charge in [-0.25, -0.2) is 0 Å². The zero-order valence-electron chi connectivity index (χ0n) is 11.0. The lowest BCUT2D eigenvalue weighted by molar-refractivity contribution is -0.137. The van der Waals surface area contributed by atoms with E-state index in [1.807, 2.05) is 18.2 Å². The van der Waals surface area contributed by atoms with Gasteiger partial charge >= 0.3 is 6.18 Å². The lowest BCUT2D eigenvalue weighted by Crippen LogP contribution is -2.07. The van der Waals surface area contributed by atoms with E-state index in [1.54, 1.807) is 6.07 Å². The van der Waals surface area contributed by atoms with Crippen LogP contribution in [0, 0.1) is 0 Å². The highest BCUT2D eigenvalue weighted by atomic mass is 35.5.